The first-order valence-corrected chi connectivity index (χ1v) is 8.97. The van der Waals surface area contributed by atoms with Crippen LogP contribution in [0.5, 0.6) is 0 Å². The largest absolute Gasteiger partial charge is 0.465 e. The van der Waals surface area contributed by atoms with Crippen molar-refractivity contribution in [3.8, 4) is 0 Å². The summed E-state index contributed by atoms with van der Waals surface area (Å²) in [6, 6.07) is 0. The van der Waals surface area contributed by atoms with Crippen LogP contribution in [-0.4, -0.2) is 63.3 Å². The van der Waals surface area contributed by atoms with Gasteiger partial charge >= 0.3 is 12.0 Å². The van der Waals surface area contributed by atoms with Crippen molar-refractivity contribution in [3.63, 3.8) is 0 Å². The quantitative estimate of drug-likeness (QED) is 0.840. The zero-order chi connectivity index (χ0) is 18.6. The van der Waals surface area contributed by atoms with Gasteiger partial charge in [-0.1, -0.05) is 0 Å². The van der Waals surface area contributed by atoms with E-state index in [0.29, 0.717) is 22.7 Å². The highest BCUT2D eigenvalue weighted by Gasteiger charge is 2.75. The molecule has 2 aliphatic heterocycles. The van der Waals surface area contributed by atoms with Crippen molar-refractivity contribution < 1.29 is 23.1 Å². The highest BCUT2D eigenvalue weighted by molar-refractivity contribution is 7.16. The third-order valence-corrected chi connectivity index (χ3v) is 6.37. The van der Waals surface area contributed by atoms with E-state index in [-0.39, 0.29) is 30.7 Å². The van der Waals surface area contributed by atoms with Gasteiger partial charge in [0.1, 0.15) is 22.4 Å². The molecule has 2 saturated heterocycles. The summed E-state index contributed by atoms with van der Waals surface area (Å²) >= 11 is 1.14. The molecule has 0 aromatic carbocycles. The van der Waals surface area contributed by atoms with Gasteiger partial charge in [-0.3, -0.25) is 4.90 Å². The van der Waals surface area contributed by atoms with Crippen LogP contribution >= 0.6 is 11.3 Å². The Hall–Kier alpha value is -2.01. The minimum absolute atomic E-state index is 0.102. The fourth-order valence-electron chi connectivity index (χ4n) is 4.66. The number of hydrogen-bond donors (Lipinski definition) is 2. The summed E-state index contributed by atoms with van der Waals surface area (Å²) in [6.45, 7) is -1.51. The van der Waals surface area contributed by atoms with Crippen LogP contribution in [0.15, 0.2) is 11.8 Å². The van der Waals surface area contributed by atoms with E-state index in [2.05, 4.69) is 20.3 Å². The van der Waals surface area contributed by atoms with Crippen LogP contribution in [-0.2, 0) is 5.54 Å². The van der Waals surface area contributed by atoms with E-state index < -0.39 is 29.6 Å². The number of nitrogens with zero attached hydrogens (tertiary/aromatic N) is 4. The van der Waals surface area contributed by atoms with Crippen LogP contribution in [0.3, 0.4) is 0 Å². The number of fused-ring (bicyclic) bond motifs is 1. The molecule has 0 saturated carbocycles. The molecule has 4 heterocycles. The summed E-state index contributed by atoms with van der Waals surface area (Å²) in [5.74, 6) is -3.97. The molecule has 0 aliphatic carbocycles. The second kappa shape index (κ2) is 5.74. The zero-order valence-electron chi connectivity index (χ0n) is 13.6. The summed E-state index contributed by atoms with van der Waals surface area (Å²) in [4.78, 5) is 25.2. The average Bonchev–Trinajstić information content (AvgIpc) is 3.34. The third kappa shape index (κ3) is 1.98. The van der Waals surface area contributed by atoms with Crippen molar-refractivity contribution in [2.75, 3.05) is 26.3 Å². The Kier molecular flexibility index (Phi) is 3.85. The van der Waals surface area contributed by atoms with Gasteiger partial charge in [-0.15, -0.1) is 11.3 Å². The maximum Gasteiger partial charge on any atom is 0.408 e. The molecule has 26 heavy (non-hydrogen) atoms. The van der Waals surface area contributed by atoms with E-state index >= 15 is 8.78 Å². The molecule has 2 atom stereocenters. The SMILES string of the molecule is O=C(O)N1CCC2(CCNC2)C1(c1ncnc2scnc12)C(F)(F)CF. The Labute approximate surface area is 150 Å². The molecule has 2 N–H and O–H groups in total. The van der Waals surface area contributed by atoms with E-state index in [9.17, 15) is 14.3 Å². The number of hydrogen-bond acceptors (Lipinski definition) is 6. The molecule has 140 valence electrons. The van der Waals surface area contributed by atoms with E-state index in [4.69, 9.17) is 0 Å². The molecule has 2 unspecified atom stereocenters. The molecule has 2 aromatic heterocycles. The summed E-state index contributed by atoms with van der Waals surface area (Å²) in [5.41, 5.74) is -2.30. The summed E-state index contributed by atoms with van der Waals surface area (Å²) in [6.07, 6.45) is 0.0729. The van der Waals surface area contributed by atoms with Crippen molar-refractivity contribution >= 4 is 27.8 Å². The first-order valence-electron chi connectivity index (χ1n) is 8.09. The second-order valence-corrected chi connectivity index (χ2v) is 7.50. The lowest BCUT2D eigenvalue weighted by atomic mass is 9.64. The molecule has 1 spiro atoms. The predicted octanol–water partition coefficient (Wildman–Crippen LogP) is 2.25. The number of carboxylic acid groups (broad SMARTS) is 1. The van der Waals surface area contributed by atoms with Gasteiger partial charge in [-0.25, -0.2) is 32.9 Å². The standard InChI is InChI=1S/C15H16F3N5O2S/c16-5-14(17,18)15(10-9-11(21-7-20-10)26-8-22-9)13(1-3-19-6-13)2-4-23(15)12(24)25/h7-8,19H,1-6H2,(H,24,25). The van der Waals surface area contributed by atoms with Crippen LogP contribution < -0.4 is 5.32 Å². The lowest BCUT2D eigenvalue weighted by Crippen LogP contribution is -2.65. The van der Waals surface area contributed by atoms with E-state index in [1.165, 1.54) is 5.51 Å². The Balaban J connectivity index is 2.11. The van der Waals surface area contributed by atoms with Gasteiger partial charge in [-0.05, 0) is 19.4 Å². The maximum atomic E-state index is 15.3. The molecule has 2 aliphatic rings. The average molecular weight is 387 g/mol. The summed E-state index contributed by atoms with van der Waals surface area (Å²) in [5, 5.41) is 12.8. The van der Waals surface area contributed by atoms with Crippen molar-refractivity contribution in [3.05, 3.63) is 17.5 Å². The fraction of sp³-hybridized carbons (Fsp3) is 0.600. The first-order chi connectivity index (χ1) is 12.4. The van der Waals surface area contributed by atoms with Crippen molar-refractivity contribution in [2.24, 2.45) is 5.41 Å². The Bertz CT molecular complexity index is 857. The number of thiazole rings is 1. The minimum atomic E-state index is -3.97. The molecule has 11 heteroatoms. The van der Waals surface area contributed by atoms with Gasteiger partial charge < -0.3 is 10.4 Å². The predicted molar refractivity (Wildman–Crippen MR) is 87.1 cm³/mol. The molecule has 2 fully saturated rings. The molecule has 1 amide bonds. The molecule has 2 aromatic rings. The van der Waals surface area contributed by atoms with Gasteiger partial charge in [0.25, 0.3) is 0 Å². The van der Waals surface area contributed by atoms with Crippen LogP contribution in [0.1, 0.15) is 18.5 Å². The topological polar surface area (TPSA) is 91.2 Å². The zero-order valence-corrected chi connectivity index (χ0v) is 14.4. The van der Waals surface area contributed by atoms with Crippen molar-refractivity contribution in [1.82, 2.24) is 25.2 Å². The van der Waals surface area contributed by atoms with Gasteiger partial charge in [0.05, 0.1) is 5.51 Å². The fourth-order valence-corrected chi connectivity index (χ4v) is 5.29. The molecular formula is C15H16F3N5O2S. The lowest BCUT2D eigenvalue weighted by Gasteiger charge is -2.49. The molecule has 0 bridgehead atoms. The maximum absolute atomic E-state index is 15.3. The number of aromatic nitrogens is 3. The van der Waals surface area contributed by atoms with Gasteiger partial charge in [0.15, 0.2) is 12.2 Å². The highest BCUT2D eigenvalue weighted by atomic mass is 32.1. The minimum Gasteiger partial charge on any atom is -0.465 e. The van der Waals surface area contributed by atoms with E-state index in [0.717, 1.165) is 17.7 Å². The van der Waals surface area contributed by atoms with E-state index in [1.807, 2.05) is 0 Å². The third-order valence-electron chi connectivity index (χ3n) is 5.64. The first kappa shape index (κ1) is 17.4. The van der Waals surface area contributed by atoms with Crippen molar-refractivity contribution in [2.45, 2.75) is 24.3 Å². The summed E-state index contributed by atoms with van der Waals surface area (Å²) < 4.78 is 44.4. The Morgan fingerprint density at radius 2 is 2.19 bits per heavy atom. The molecule has 7 nitrogen and oxygen atoms in total. The molecular weight excluding hydrogens is 371 g/mol. The van der Waals surface area contributed by atoms with Crippen LogP contribution in [0.2, 0.25) is 0 Å². The van der Waals surface area contributed by atoms with E-state index in [1.54, 1.807) is 0 Å². The van der Waals surface area contributed by atoms with Gasteiger partial charge in [0, 0.05) is 18.5 Å². The number of carbonyl (C=O) groups is 1. The molecule has 4 rings (SSSR count). The lowest BCUT2D eigenvalue weighted by molar-refractivity contribution is -0.179. The number of rotatable bonds is 3. The van der Waals surface area contributed by atoms with Crippen molar-refractivity contribution in [1.29, 1.82) is 0 Å². The Morgan fingerprint density at radius 3 is 2.85 bits per heavy atom. The van der Waals surface area contributed by atoms with Crippen LogP contribution in [0.25, 0.3) is 10.3 Å². The number of amides is 1. The van der Waals surface area contributed by atoms with Crippen LogP contribution in [0, 0.1) is 5.41 Å². The molecule has 0 radical (unpaired) electrons. The number of likely N-dealkylation sites (tertiary alicyclic amines) is 1. The van der Waals surface area contributed by atoms with Gasteiger partial charge in [0.2, 0.25) is 0 Å². The van der Waals surface area contributed by atoms with Gasteiger partial charge in [-0.2, -0.15) is 0 Å². The highest BCUT2D eigenvalue weighted by Crippen LogP contribution is 2.62. The number of halogens is 3. The monoisotopic (exact) mass is 387 g/mol. The second-order valence-electron chi connectivity index (χ2n) is 6.67. The Morgan fingerprint density at radius 1 is 1.38 bits per heavy atom. The summed E-state index contributed by atoms with van der Waals surface area (Å²) in [7, 11) is 0. The number of nitrogens with one attached hydrogen (secondary N) is 1. The smallest absolute Gasteiger partial charge is 0.408 e. The normalized spacial score (nSPS) is 29.1. The van der Waals surface area contributed by atoms with Crippen LogP contribution in [0.4, 0.5) is 18.0 Å². The number of alkyl halides is 3.